The van der Waals surface area contributed by atoms with Gasteiger partial charge in [-0.3, -0.25) is 9.59 Å². The molecule has 6 heteroatoms. The van der Waals surface area contributed by atoms with E-state index in [1.54, 1.807) is 6.07 Å². The molecule has 2 amide bonds. The topological polar surface area (TPSA) is 52.7 Å². The molecule has 0 aliphatic carbocycles. The summed E-state index contributed by atoms with van der Waals surface area (Å²) >= 11 is 1.40. The Balaban J connectivity index is 1.91. The molecule has 0 atom stereocenters. The van der Waals surface area contributed by atoms with Gasteiger partial charge in [0.05, 0.1) is 10.4 Å². The molecule has 1 aromatic carbocycles. The number of piperidine rings is 1. The Morgan fingerprint density at radius 2 is 1.85 bits per heavy atom. The van der Waals surface area contributed by atoms with E-state index in [-0.39, 0.29) is 11.8 Å². The van der Waals surface area contributed by atoms with E-state index in [1.807, 2.05) is 48.4 Å². The minimum atomic E-state index is -0.142. The standard InChI is InChI=1S/C21H27N3O2S/c1-3-23(4-2)21(26)17-15-16(22-20(25)19-9-8-14-27-19)10-11-18(17)24-12-6-5-7-13-24/h8-11,14-15H,3-7,12-13H2,1-2H3,(H,22,25). The van der Waals surface area contributed by atoms with Crippen LogP contribution in [0.15, 0.2) is 35.7 Å². The van der Waals surface area contributed by atoms with Crippen molar-refractivity contribution in [2.24, 2.45) is 0 Å². The quantitative estimate of drug-likeness (QED) is 0.798. The van der Waals surface area contributed by atoms with Gasteiger partial charge in [0, 0.05) is 37.6 Å². The van der Waals surface area contributed by atoms with Crippen molar-refractivity contribution in [1.82, 2.24) is 4.90 Å². The summed E-state index contributed by atoms with van der Waals surface area (Å²) in [4.78, 5) is 30.3. The van der Waals surface area contributed by atoms with E-state index < -0.39 is 0 Å². The van der Waals surface area contributed by atoms with Crippen LogP contribution in [0.25, 0.3) is 0 Å². The van der Waals surface area contributed by atoms with Gasteiger partial charge in [0.15, 0.2) is 0 Å². The van der Waals surface area contributed by atoms with Gasteiger partial charge >= 0.3 is 0 Å². The molecular weight excluding hydrogens is 358 g/mol. The zero-order valence-corrected chi connectivity index (χ0v) is 16.8. The van der Waals surface area contributed by atoms with E-state index in [2.05, 4.69) is 10.2 Å². The Bertz CT molecular complexity index is 779. The minimum absolute atomic E-state index is 0.0211. The van der Waals surface area contributed by atoms with Gasteiger partial charge in [-0.15, -0.1) is 11.3 Å². The normalized spacial score (nSPS) is 14.1. The van der Waals surface area contributed by atoms with Crippen molar-refractivity contribution in [3.8, 4) is 0 Å². The summed E-state index contributed by atoms with van der Waals surface area (Å²) in [6, 6.07) is 9.36. The number of thiophene rings is 1. The van der Waals surface area contributed by atoms with E-state index >= 15 is 0 Å². The molecule has 0 radical (unpaired) electrons. The van der Waals surface area contributed by atoms with Gasteiger partial charge in [0.1, 0.15) is 0 Å². The third-order valence-electron chi connectivity index (χ3n) is 4.98. The molecule has 1 N–H and O–H groups in total. The fraction of sp³-hybridized carbons (Fsp3) is 0.429. The molecular formula is C21H27N3O2S. The maximum atomic E-state index is 13.1. The van der Waals surface area contributed by atoms with Crippen molar-refractivity contribution < 1.29 is 9.59 Å². The van der Waals surface area contributed by atoms with Gasteiger partial charge in [-0.2, -0.15) is 0 Å². The minimum Gasteiger partial charge on any atom is -0.371 e. The largest absolute Gasteiger partial charge is 0.371 e. The lowest BCUT2D eigenvalue weighted by Gasteiger charge is -2.31. The van der Waals surface area contributed by atoms with Crippen LogP contribution in [0.5, 0.6) is 0 Å². The first-order chi connectivity index (χ1) is 13.1. The molecule has 0 bridgehead atoms. The fourth-order valence-electron chi connectivity index (χ4n) is 3.48. The number of nitrogens with zero attached hydrogens (tertiary/aromatic N) is 2. The van der Waals surface area contributed by atoms with Crippen molar-refractivity contribution in [3.05, 3.63) is 46.2 Å². The molecule has 0 saturated carbocycles. The maximum absolute atomic E-state index is 13.1. The van der Waals surface area contributed by atoms with Gasteiger partial charge in [-0.1, -0.05) is 6.07 Å². The Labute approximate surface area is 165 Å². The Kier molecular flexibility index (Phi) is 6.50. The maximum Gasteiger partial charge on any atom is 0.265 e. The summed E-state index contributed by atoms with van der Waals surface area (Å²) in [6.07, 6.45) is 3.54. The Morgan fingerprint density at radius 3 is 2.48 bits per heavy atom. The number of amides is 2. The molecule has 1 aliphatic rings. The van der Waals surface area contributed by atoms with Crippen LogP contribution in [0, 0.1) is 0 Å². The van der Waals surface area contributed by atoms with Crippen molar-refractivity contribution in [2.45, 2.75) is 33.1 Å². The highest BCUT2D eigenvalue weighted by atomic mass is 32.1. The number of nitrogens with one attached hydrogen (secondary N) is 1. The highest BCUT2D eigenvalue weighted by Crippen LogP contribution is 2.28. The molecule has 1 saturated heterocycles. The molecule has 3 rings (SSSR count). The van der Waals surface area contributed by atoms with E-state index in [9.17, 15) is 9.59 Å². The first kappa shape index (κ1) is 19.4. The third-order valence-corrected chi connectivity index (χ3v) is 5.85. The number of benzene rings is 1. The first-order valence-corrected chi connectivity index (χ1v) is 10.5. The average Bonchev–Trinajstić information content (AvgIpc) is 3.24. The number of rotatable bonds is 6. The lowest BCUT2D eigenvalue weighted by molar-refractivity contribution is 0.0773. The number of anilines is 2. The van der Waals surface area contributed by atoms with Crippen molar-refractivity contribution in [3.63, 3.8) is 0 Å². The molecule has 144 valence electrons. The van der Waals surface area contributed by atoms with Crippen LogP contribution in [0.4, 0.5) is 11.4 Å². The lowest BCUT2D eigenvalue weighted by Crippen LogP contribution is -2.35. The van der Waals surface area contributed by atoms with E-state index in [0.717, 1.165) is 31.6 Å². The molecule has 1 fully saturated rings. The van der Waals surface area contributed by atoms with Crippen molar-refractivity contribution in [1.29, 1.82) is 0 Å². The highest BCUT2D eigenvalue weighted by molar-refractivity contribution is 7.12. The van der Waals surface area contributed by atoms with Crippen LogP contribution < -0.4 is 10.2 Å². The summed E-state index contributed by atoms with van der Waals surface area (Å²) in [7, 11) is 0. The van der Waals surface area contributed by atoms with Crippen LogP contribution in [-0.4, -0.2) is 42.9 Å². The molecule has 0 spiro atoms. The molecule has 0 unspecified atom stereocenters. The zero-order valence-electron chi connectivity index (χ0n) is 16.0. The SMILES string of the molecule is CCN(CC)C(=O)c1cc(NC(=O)c2cccs2)ccc1N1CCCCC1. The number of hydrogen-bond donors (Lipinski definition) is 1. The summed E-state index contributed by atoms with van der Waals surface area (Å²) in [5.41, 5.74) is 2.30. The summed E-state index contributed by atoms with van der Waals surface area (Å²) < 4.78 is 0. The molecule has 5 nitrogen and oxygen atoms in total. The van der Waals surface area contributed by atoms with Gasteiger partial charge < -0.3 is 15.1 Å². The second-order valence-electron chi connectivity index (χ2n) is 6.69. The molecule has 27 heavy (non-hydrogen) atoms. The van der Waals surface area contributed by atoms with Crippen molar-refractivity contribution >= 4 is 34.5 Å². The summed E-state index contributed by atoms with van der Waals surface area (Å²) in [5, 5.41) is 4.81. The van der Waals surface area contributed by atoms with Gasteiger partial charge in [-0.05, 0) is 62.8 Å². The smallest absolute Gasteiger partial charge is 0.265 e. The zero-order chi connectivity index (χ0) is 19.2. The van der Waals surface area contributed by atoms with Crippen LogP contribution in [0.3, 0.4) is 0 Å². The van der Waals surface area contributed by atoms with Gasteiger partial charge in [-0.25, -0.2) is 0 Å². The van der Waals surface area contributed by atoms with Crippen molar-refractivity contribution in [2.75, 3.05) is 36.4 Å². The van der Waals surface area contributed by atoms with Crippen LogP contribution >= 0.6 is 11.3 Å². The fourth-order valence-corrected chi connectivity index (χ4v) is 4.10. The molecule has 2 aromatic rings. The van der Waals surface area contributed by atoms with E-state index in [4.69, 9.17) is 0 Å². The van der Waals surface area contributed by atoms with Crippen LogP contribution in [0.2, 0.25) is 0 Å². The second-order valence-corrected chi connectivity index (χ2v) is 7.64. The lowest BCUT2D eigenvalue weighted by atomic mass is 10.0. The van der Waals surface area contributed by atoms with Crippen LogP contribution in [-0.2, 0) is 0 Å². The molecule has 1 aromatic heterocycles. The van der Waals surface area contributed by atoms with Crippen LogP contribution in [0.1, 0.15) is 53.1 Å². The third kappa shape index (κ3) is 4.50. The van der Waals surface area contributed by atoms with Gasteiger partial charge in [0.2, 0.25) is 0 Å². The Morgan fingerprint density at radius 1 is 1.11 bits per heavy atom. The number of hydrogen-bond acceptors (Lipinski definition) is 4. The van der Waals surface area contributed by atoms with E-state index in [0.29, 0.717) is 29.2 Å². The predicted molar refractivity (Wildman–Crippen MR) is 112 cm³/mol. The number of carbonyl (C=O) groups excluding carboxylic acids is 2. The Hall–Kier alpha value is -2.34. The first-order valence-electron chi connectivity index (χ1n) is 9.67. The van der Waals surface area contributed by atoms with Gasteiger partial charge in [0.25, 0.3) is 11.8 Å². The average molecular weight is 386 g/mol. The summed E-state index contributed by atoms with van der Waals surface area (Å²) in [5.74, 6) is -0.121. The predicted octanol–water partition coefficient (Wildman–Crippen LogP) is 4.47. The number of carbonyl (C=O) groups is 2. The molecule has 1 aliphatic heterocycles. The molecule has 2 heterocycles. The summed E-state index contributed by atoms with van der Waals surface area (Å²) in [6.45, 7) is 7.26. The highest BCUT2D eigenvalue weighted by Gasteiger charge is 2.22. The second kappa shape index (κ2) is 9.04. The monoisotopic (exact) mass is 385 g/mol. The van der Waals surface area contributed by atoms with E-state index in [1.165, 1.54) is 17.8 Å².